The minimum absolute atomic E-state index is 0.134. The lowest BCUT2D eigenvalue weighted by Crippen LogP contribution is -2.38. The number of hydrogen-bond donors (Lipinski definition) is 2. The predicted molar refractivity (Wildman–Crippen MR) is 102 cm³/mol. The number of aromatic nitrogens is 1. The molecule has 0 bridgehead atoms. The van der Waals surface area contributed by atoms with Crippen molar-refractivity contribution in [2.75, 3.05) is 13.1 Å². The van der Waals surface area contributed by atoms with Crippen LogP contribution in [0, 0.1) is 0 Å². The molecule has 7 nitrogen and oxygen atoms in total. The Balaban J connectivity index is 1.90. The van der Waals surface area contributed by atoms with E-state index in [1.54, 1.807) is 57.2 Å². The number of carbonyl (C=O) groups is 2. The number of carbonyl (C=O) groups excluding carboxylic acids is 2. The Labute approximate surface area is 163 Å². The molecule has 144 valence electrons. The van der Waals surface area contributed by atoms with Crippen molar-refractivity contribution < 1.29 is 19.1 Å². The van der Waals surface area contributed by atoms with Crippen LogP contribution in [-0.2, 0) is 4.74 Å². The highest BCUT2D eigenvalue weighted by atomic mass is 35.5. The van der Waals surface area contributed by atoms with Gasteiger partial charge in [0.2, 0.25) is 0 Å². The topological polar surface area (TPSA) is 89.6 Å². The molecule has 2 aromatic rings. The summed E-state index contributed by atoms with van der Waals surface area (Å²) in [6, 6.07) is 10.1. The summed E-state index contributed by atoms with van der Waals surface area (Å²) in [5, 5.41) is 5.77. The monoisotopic (exact) mass is 391 g/mol. The summed E-state index contributed by atoms with van der Waals surface area (Å²) in [4.78, 5) is 28.0. The van der Waals surface area contributed by atoms with Crippen molar-refractivity contribution >= 4 is 23.6 Å². The highest BCUT2D eigenvalue weighted by Crippen LogP contribution is 2.25. The van der Waals surface area contributed by atoms with Crippen LogP contribution >= 0.6 is 11.6 Å². The van der Waals surface area contributed by atoms with Gasteiger partial charge in [-0.25, -0.2) is 9.78 Å². The Kier molecular flexibility index (Phi) is 7.01. The fourth-order valence-corrected chi connectivity index (χ4v) is 2.22. The number of nitrogens with zero attached hydrogens (tertiary/aromatic N) is 1. The lowest BCUT2D eigenvalue weighted by Gasteiger charge is -2.19. The van der Waals surface area contributed by atoms with Crippen LogP contribution in [0.1, 0.15) is 31.3 Å². The van der Waals surface area contributed by atoms with Gasteiger partial charge in [-0.3, -0.25) is 4.79 Å². The van der Waals surface area contributed by atoms with Gasteiger partial charge in [0, 0.05) is 24.3 Å². The van der Waals surface area contributed by atoms with Crippen molar-refractivity contribution in [3.63, 3.8) is 0 Å². The van der Waals surface area contributed by atoms with Crippen molar-refractivity contribution in [1.82, 2.24) is 15.6 Å². The molecule has 0 aliphatic heterocycles. The third-order valence-electron chi connectivity index (χ3n) is 3.09. The minimum atomic E-state index is -0.576. The molecule has 2 rings (SSSR count). The predicted octanol–water partition coefficient (Wildman–Crippen LogP) is 3.78. The first-order valence-corrected chi connectivity index (χ1v) is 8.76. The second-order valence-corrected chi connectivity index (χ2v) is 7.03. The molecule has 0 aliphatic rings. The zero-order chi connectivity index (χ0) is 19.9. The van der Waals surface area contributed by atoms with Crippen molar-refractivity contribution in [3.8, 4) is 11.5 Å². The van der Waals surface area contributed by atoms with Gasteiger partial charge in [-0.15, -0.1) is 0 Å². The van der Waals surface area contributed by atoms with E-state index >= 15 is 0 Å². The first-order chi connectivity index (χ1) is 12.7. The van der Waals surface area contributed by atoms with Crippen LogP contribution in [0.25, 0.3) is 0 Å². The van der Waals surface area contributed by atoms with Gasteiger partial charge in [-0.05, 0) is 51.1 Å². The second-order valence-electron chi connectivity index (χ2n) is 6.59. The van der Waals surface area contributed by atoms with E-state index < -0.39 is 17.6 Å². The Bertz CT molecular complexity index is 806. The largest absolute Gasteiger partial charge is 0.455 e. The zero-order valence-corrected chi connectivity index (χ0v) is 16.2. The van der Waals surface area contributed by atoms with Crippen LogP contribution in [0.3, 0.4) is 0 Å². The maximum absolute atomic E-state index is 12.4. The SMILES string of the molecule is CC(C)(C)OC(=O)NCCNC(=O)c1ncccc1Oc1cccc(Cl)c1. The number of nitrogens with one attached hydrogen (secondary N) is 2. The van der Waals surface area contributed by atoms with Crippen molar-refractivity contribution in [2.45, 2.75) is 26.4 Å². The molecule has 0 saturated carbocycles. The average molecular weight is 392 g/mol. The fourth-order valence-electron chi connectivity index (χ4n) is 2.04. The lowest BCUT2D eigenvalue weighted by molar-refractivity contribution is 0.0526. The van der Waals surface area contributed by atoms with E-state index in [2.05, 4.69) is 15.6 Å². The van der Waals surface area contributed by atoms with Gasteiger partial charge in [-0.2, -0.15) is 0 Å². The van der Waals surface area contributed by atoms with Crippen LogP contribution < -0.4 is 15.4 Å². The first kappa shape index (κ1) is 20.5. The molecule has 1 aromatic heterocycles. The van der Waals surface area contributed by atoms with E-state index in [-0.39, 0.29) is 18.8 Å². The molecule has 0 fully saturated rings. The van der Waals surface area contributed by atoms with Gasteiger partial charge in [0.05, 0.1) is 0 Å². The Hall–Kier alpha value is -2.80. The maximum atomic E-state index is 12.4. The highest BCUT2D eigenvalue weighted by molar-refractivity contribution is 6.30. The molecular weight excluding hydrogens is 370 g/mol. The Morgan fingerprint density at radius 3 is 2.56 bits per heavy atom. The molecule has 0 atom stereocenters. The second kappa shape index (κ2) is 9.23. The molecular formula is C19H22ClN3O4. The summed E-state index contributed by atoms with van der Waals surface area (Å²) >= 11 is 5.94. The standard InChI is InChI=1S/C19H22ClN3O4/c1-19(2,3)27-18(25)23-11-10-22-17(24)16-15(8-5-9-21-16)26-14-7-4-6-13(20)12-14/h4-9,12H,10-11H2,1-3H3,(H,22,24)(H,23,25). The number of amides is 2. The molecule has 0 unspecified atom stereocenters. The van der Waals surface area contributed by atoms with Crippen LogP contribution in [0.5, 0.6) is 11.5 Å². The highest BCUT2D eigenvalue weighted by Gasteiger charge is 2.17. The molecule has 1 heterocycles. The number of alkyl carbamates (subject to hydrolysis) is 1. The molecule has 2 amide bonds. The fraction of sp³-hybridized carbons (Fsp3) is 0.316. The third kappa shape index (κ3) is 7.15. The van der Waals surface area contributed by atoms with Gasteiger partial charge in [0.1, 0.15) is 11.4 Å². The molecule has 0 spiro atoms. The van der Waals surface area contributed by atoms with Gasteiger partial charge < -0.3 is 20.1 Å². The van der Waals surface area contributed by atoms with Crippen molar-refractivity contribution in [1.29, 1.82) is 0 Å². The average Bonchev–Trinajstić information content (AvgIpc) is 2.57. The van der Waals surface area contributed by atoms with E-state index in [0.29, 0.717) is 16.5 Å². The lowest BCUT2D eigenvalue weighted by atomic mass is 10.2. The summed E-state index contributed by atoms with van der Waals surface area (Å²) < 4.78 is 10.8. The quantitative estimate of drug-likeness (QED) is 0.731. The van der Waals surface area contributed by atoms with Crippen LogP contribution in [0.2, 0.25) is 5.02 Å². The summed E-state index contributed by atoms with van der Waals surface area (Å²) in [7, 11) is 0. The number of ether oxygens (including phenoxy) is 2. The Morgan fingerprint density at radius 1 is 1.11 bits per heavy atom. The maximum Gasteiger partial charge on any atom is 0.407 e. The third-order valence-corrected chi connectivity index (χ3v) is 3.32. The molecule has 8 heteroatoms. The normalized spacial score (nSPS) is 10.8. The molecule has 2 N–H and O–H groups in total. The molecule has 1 aromatic carbocycles. The van der Waals surface area contributed by atoms with E-state index in [4.69, 9.17) is 21.1 Å². The minimum Gasteiger partial charge on any atom is -0.455 e. The van der Waals surface area contributed by atoms with Crippen LogP contribution in [-0.4, -0.2) is 35.7 Å². The van der Waals surface area contributed by atoms with Gasteiger partial charge in [0.25, 0.3) is 5.91 Å². The number of hydrogen-bond acceptors (Lipinski definition) is 5. The zero-order valence-electron chi connectivity index (χ0n) is 15.4. The smallest absolute Gasteiger partial charge is 0.407 e. The summed E-state index contributed by atoms with van der Waals surface area (Å²) in [6.45, 7) is 5.76. The van der Waals surface area contributed by atoms with E-state index in [0.717, 1.165) is 0 Å². The van der Waals surface area contributed by atoms with E-state index in [1.165, 1.54) is 6.20 Å². The number of halogens is 1. The van der Waals surface area contributed by atoms with Crippen LogP contribution in [0.4, 0.5) is 4.79 Å². The summed E-state index contributed by atoms with van der Waals surface area (Å²) in [5.41, 5.74) is -0.442. The number of rotatable bonds is 6. The molecule has 0 aliphatic carbocycles. The van der Waals surface area contributed by atoms with Gasteiger partial charge in [-0.1, -0.05) is 17.7 Å². The number of benzene rings is 1. The molecule has 0 saturated heterocycles. The van der Waals surface area contributed by atoms with Gasteiger partial charge in [0.15, 0.2) is 11.4 Å². The summed E-state index contributed by atoms with van der Waals surface area (Å²) in [5.74, 6) is 0.382. The van der Waals surface area contributed by atoms with Crippen LogP contribution in [0.15, 0.2) is 42.6 Å². The Morgan fingerprint density at radius 2 is 1.85 bits per heavy atom. The van der Waals surface area contributed by atoms with E-state index in [1.807, 2.05) is 0 Å². The number of pyridine rings is 1. The summed E-state index contributed by atoms with van der Waals surface area (Å²) in [6.07, 6.45) is 0.957. The van der Waals surface area contributed by atoms with Crippen molar-refractivity contribution in [2.24, 2.45) is 0 Å². The van der Waals surface area contributed by atoms with Gasteiger partial charge >= 0.3 is 6.09 Å². The van der Waals surface area contributed by atoms with E-state index in [9.17, 15) is 9.59 Å². The molecule has 0 radical (unpaired) electrons. The molecule has 27 heavy (non-hydrogen) atoms. The first-order valence-electron chi connectivity index (χ1n) is 8.38. The van der Waals surface area contributed by atoms with Crippen molar-refractivity contribution in [3.05, 3.63) is 53.3 Å².